The second-order valence-electron chi connectivity index (χ2n) is 13.8. The number of ketones is 1. The summed E-state index contributed by atoms with van der Waals surface area (Å²) >= 11 is 0. The predicted molar refractivity (Wildman–Crippen MR) is 178 cm³/mol. The van der Waals surface area contributed by atoms with Crippen LogP contribution < -0.4 is 14.4 Å². The van der Waals surface area contributed by atoms with Gasteiger partial charge in [0.25, 0.3) is 0 Å². The van der Waals surface area contributed by atoms with E-state index in [-0.39, 0.29) is 11.5 Å². The number of carbonyl (C=O) groups excluding carboxylic acids is 1. The molecule has 45 heavy (non-hydrogen) atoms. The number of anilines is 1. The molecule has 1 saturated carbocycles. The Bertz CT molecular complexity index is 1210. The fourth-order valence-corrected chi connectivity index (χ4v) is 7.66. The Hall–Kier alpha value is -2.61. The van der Waals surface area contributed by atoms with E-state index >= 15 is 0 Å². The van der Waals surface area contributed by atoms with Gasteiger partial charge in [-0.2, -0.15) is 0 Å². The first-order chi connectivity index (χ1) is 21.9. The second-order valence-corrected chi connectivity index (χ2v) is 13.8. The third-order valence-corrected chi connectivity index (χ3v) is 10.6. The zero-order chi connectivity index (χ0) is 31.6. The van der Waals surface area contributed by atoms with Gasteiger partial charge in [-0.1, -0.05) is 38.5 Å². The molecule has 1 aliphatic carbocycles. The highest BCUT2D eigenvalue weighted by Crippen LogP contribution is 2.42. The standard InChI is InChI=1S/C38H55NO6/c1-38(2,31-17-22-43-23-18-31)37(40)8-5-7-28-9-15-35(33(25-28)30-11-13-32(42-4)14-12-30)45-27-29-10-16-36-34(26-29)39(20-24-44-36)19-6-21-41-3/h10-14,16,26,28,31,33,35H,5-9,15,17-25,27H2,1-4H3/t28-,33+,35-/m0/s1. The molecule has 0 bridgehead atoms. The van der Waals surface area contributed by atoms with Gasteiger partial charge in [-0.3, -0.25) is 4.79 Å². The highest BCUT2D eigenvalue weighted by atomic mass is 16.5. The molecule has 1 saturated heterocycles. The Morgan fingerprint density at radius 1 is 0.978 bits per heavy atom. The quantitative estimate of drug-likeness (QED) is 0.190. The van der Waals surface area contributed by atoms with Gasteiger partial charge in [0.2, 0.25) is 0 Å². The molecular weight excluding hydrogens is 566 g/mol. The first-order valence-corrected chi connectivity index (χ1v) is 17.2. The molecule has 0 aromatic heterocycles. The van der Waals surface area contributed by atoms with Gasteiger partial charge in [0, 0.05) is 51.2 Å². The molecule has 0 N–H and O–H groups in total. The van der Waals surface area contributed by atoms with Gasteiger partial charge in [-0.15, -0.1) is 0 Å². The molecule has 5 rings (SSSR count). The molecule has 3 atom stereocenters. The van der Waals surface area contributed by atoms with Crippen molar-refractivity contribution in [2.75, 3.05) is 58.6 Å². The maximum Gasteiger partial charge on any atom is 0.142 e. The molecule has 2 aromatic rings. The van der Waals surface area contributed by atoms with E-state index in [0.717, 1.165) is 101 Å². The average Bonchev–Trinajstić information content (AvgIpc) is 3.08. The minimum absolute atomic E-state index is 0.147. The maximum absolute atomic E-state index is 13.3. The number of fused-ring (bicyclic) bond motifs is 1. The molecule has 2 aliphatic heterocycles. The van der Waals surface area contributed by atoms with Crippen molar-refractivity contribution in [1.82, 2.24) is 0 Å². The minimum atomic E-state index is -0.259. The van der Waals surface area contributed by atoms with Crippen LogP contribution in [0.3, 0.4) is 0 Å². The molecule has 2 fully saturated rings. The Labute approximate surface area is 270 Å². The lowest BCUT2D eigenvalue weighted by Gasteiger charge is -2.37. The molecule has 0 amide bonds. The number of hydrogen-bond acceptors (Lipinski definition) is 7. The lowest BCUT2D eigenvalue weighted by atomic mass is 9.70. The van der Waals surface area contributed by atoms with E-state index in [0.29, 0.717) is 43.2 Å². The van der Waals surface area contributed by atoms with Gasteiger partial charge in [0.1, 0.15) is 23.9 Å². The van der Waals surface area contributed by atoms with E-state index in [2.05, 4.69) is 61.2 Å². The number of rotatable bonds is 15. The van der Waals surface area contributed by atoms with Crippen molar-refractivity contribution in [1.29, 1.82) is 0 Å². The van der Waals surface area contributed by atoms with Crippen LogP contribution in [0.15, 0.2) is 42.5 Å². The van der Waals surface area contributed by atoms with Crippen molar-refractivity contribution >= 4 is 11.5 Å². The molecule has 3 aliphatic rings. The molecule has 248 valence electrons. The van der Waals surface area contributed by atoms with Crippen LogP contribution in [0.1, 0.15) is 88.7 Å². The van der Waals surface area contributed by atoms with Crippen LogP contribution in [0.5, 0.6) is 11.5 Å². The van der Waals surface area contributed by atoms with Gasteiger partial charge < -0.3 is 28.6 Å². The third kappa shape index (κ3) is 8.81. The summed E-state index contributed by atoms with van der Waals surface area (Å²) in [5.41, 5.74) is 3.39. The van der Waals surface area contributed by atoms with Crippen LogP contribution in [0, 0.1) is 17.3 Å². The lowest BCUT2D eigenvalue weighted by molar-refractivity contribution is -0.132. The van der Waals surface area contributed by atoms with Crippen LogP contribution in [0.25, 0.3) is 0 Å². The first kappa shape index (κ1) is 33.7. The molecular formula is C38H55NO6. The molecule has 0 radical (unpaired) electrons. The van der Waals surface area contributed by atoms with Crippen molar-refractivity contribution in [3.63, 3.8) is 0 Å². The van der Waals surface area contributed by atoms with E-state index in [4.69, 9.17) is 23.7 Å². The number of ether oxygens (including phenoxy) is 5. The van der Waals surface area contributed by atoms with Crippen LogP contribution in [-0.2, 0) is 25.6 Å². The zero-order valence-corrected chi connectivity index (χ0v) is 28.1. The Balaban J connectivity index is 1.20. The van der Waals surface area contributed by atoms with Crippen LogP contribution in [0.2, 0.25) is 0 Å². The molecule has 2 aromatic carbocycles. The van der Waals surface area contributed by atoms with Gasteiger partial charge in [-0.25, -0.2) is 0 Å². The number of Topliss-reactive ketones (excluding diaryl/α,β-unsaturated/α-hetero) is 1. The Kier molecular flexibility index (Phi) is 12.2. The van der Waals surface area contributed by atoms with Gasteiger partial charge >= 0.3 is 0 Å². The minimum Gasteiger partial charge on any atom is -0.497 e. The van der Waals surface area contributed by atoms with Crippen molar-refractivity contribution in [3.8, 4) is 11.5 Å². The number of methoxy groups -OCH3 is 2. The van der Waals surface area contributed by atoms with Crippen LogP contribution in [-0.4, -0.2) is 65.6 Å². The van der Waals surface area contributed by atoms with Crippen LogP contribution in [0.4, 0.5) is 5.69 Å². The largest absolute Gasteiger partial charge is 0.497 e. The van der Waals surface area contributed by atoms with E-state index in [1.807, 2.05) is 0 Å². The van der Waals surface area contributed by atoms with E-state index < -0.39 is 0 Å². The summed E-state index contributed by atoms with van der Waals surface area (Å²) < 4.78 is 29.0. The maximum atomic E-state index is 13.3. The summed E-state index contributed by atoms with van der Waals surface area (Å²) in [7, 11) is 3.47. The van der Waals surface area contributed by atoms with Gasteiger partial charge in [-0.05, 0) is 92.2 Å². The normalized spacial score (nSPS) is 22.5. The molecule has 7 nitrogen and oxygen atoms in total. The summed E-state index contributed by atoms with van der Waals surface area (Å²) in [6.07, 6.45) is 9.13. The SMILES string of the molecule is COCCCN1CCOc2ccc(CO[C@H]3CC[C@H](CCCC(=O)C(C)(C)C4CCOCC4)C[C@@H]3c3ccc(OC)cc3)cc21. The highest BCUT2D eigenvalue weighted by molar-refractivity contribution is 5.84. The third-order valence-electron chi connectivity index (χ3n) is 10.6. The number of benzene rings is 2. The fraction of sp³-hybridized carbons (Fsp3) is 0.658. The number of hydrogen-bond donors (Lipinski definition) is 0. The molecule has 7 heteroatoms. The Morgan fingerprint density at radius 2 is 1.78 bits per heavy atom. The molecule has 0 unspecified atom stereocenters. The van der Waals surface area contributed by atoms with E-state index in [9.17, 15) is 4.79 Å². The van der Waals surface area contributed by atoms with E-state index in [1.165, 1.54) is 11.1 Å². The van der Waals surface area contributed by atoms with Crippen molar-refractivity contribution in [2.45, 2.75) is 90.3 Å². The summed E-state index contributed by atoms with van der Waals surface area (Å²) in [5.74, 6) is 3.60. The summed E-state index contributed by atoms with van der Waals surface area (Å²) in [4.78, 5) is 15.7. The molecule has 2 heterocycles. The number of nitrogens with zero attached hydrogens (tertiary/aromatic N) is 1. The van der Waals surface area contributed by atoms with Crippen molar-refractivity contribution in [3.05, 3.63) is 53.6 Å². The predicted octanol–water partition coefficient (Wildman–Crippen LogP) is 7.59. The summed E-state index contributed by atoms with van der Waals surface area (Å²) in [6, 6.07) is 15.0. The summed E-state index contributed by atoms with van der Waals surface area (Å²) in [6.45, 7) is 9.78. The van der Waals surface area contributed by atoms with Crippen molar-refractivity contribution < 1.29 is 28.5 Å². The smallest absolute Gasteiger partial charge is 0.142 e. The van der Waals surface area contributed by atoms with E-state index in [1.54, 1.807) is 14.2 Å². The summed E-state index contributed by atoms with van der Waals surface area (Å²) in [5, 5.41) is 0. The van der Waals surface area contributed by atoms with Gasteiger partial charge in [0.05, 0.1) is 32.1 Å². The highest BCUT2D eigenvalue weighted by Gasteiger charge is 2.37. The van der Waals surface area contributed by atoms with Gasteiger partial charge in [0.15, 0.2) is 0 Å². The fourth-order valence-electron chi connectivity index (χ4n) is 7.66. The van der Waals surface area contributed by atoms with Crippen molar-refractivity contribution in [2.24, 2.45) is 17.3 Å². The molecule has 0 spiro atoms. The monoisotopic (exact) mass is 621 g/mol. The van der Waals surface area contributed by atoms with Crippen LogP contribution >= 0.6 is 0 Å². The Morgan fingerprint density at radius 3 is 2.53 bits per heavy atom. The zero-order valence-electron chi connectivity index (χ0n) is 28.1. The second kappa shape index (κ2) is 16.3. The lowest BCUT2D eigenvalue weighted by Crippen LogP contribution is -2.36. The average molecular weight is 622 g/mol. The topological polar surface area (TPSA) is 66.5 Å². The first-order valence-electron chi connectivity index (χ1n) is 17.2. The number of carbonyl (C=O) groups is 1.